The molecule has 0 bridgehead atoms. The Morgan fingerprint density at radius 3 is 2.23 bits per heavy atom. The molecule has 3 rings (SSSR count). The van der Waals surface area contributed by atoms with E-state index in [4.69, 9.17) is 30.5 Å². The van der Waals surface area contributed by atoms with Gasteiger partial charge in [0.25, 0.3) is 0 Å². The first-order chi connectivity index (χ1) is 14.9. The highest BCUT2D eigenvalue weighted by molar-refractivity contribution is 6.31. The summed E-state index contributed by atoms with van der Waals surface area (Å²) in [7, 11) is 6.29. The third kappa shape index (κ3) is 4.98. The molecule has 1 fully saturated rings. The SMILES string of the molecule is COc1ccc(CC(=O)NC2NNC(C)C2c2cc(OC)c(OC)c(OC)c2)c(Cl)c1. The third-order valence-corrected chi connectivity index (χ3v) is 5.72. The molecule has 31 heavy (non-hydrogen) atoms. The lowest BCUT2D eigenvalue weighted by molar-refractivity contribution is -0.121. The summed E-state index contributed by atoms with van der Waals surface area (Å²) in [4.78, 5) is 12.8. The number of methoxy groups -OCH3 is 4. The number of benzene rings is 2. The molecule has 0 spiro atoms. The summed E-state index contributed by atoms with van der Waals surface area (Å²) in [6.45, 7) is 2.04. The fourth-order valence-electron chi connectivity index (χ4n) is 3.79. The standard InChI is InChI=1S/C22H28ClN3O5/c1-12-20(14-8-17(29-3)21(31-5)18(9-14)30-4)22(26-25-12)24-19(27)10-13-6-7-15(28-2)11-16(13)23/h6-9,11-12,20,22,25-26H,10H2,1-5H3,(H,24,27). The van der Waals surface area contributed by atoms with Crippen molar-refractivity contribution in [3.63, 3.8) is 0 Å². The van der Waals surface area contributed by atoms with E-state index in [0.717, 1.165) is 11.1 Å². The minimum atomic E-state index is -0.345. The fraction of sp³-hybridized carbons (Fsp3) is 0.409. The fourth-order valence-corrected chi connectivity index (χ4v) is 4.02. The number of halogens is 1. The molecule has 8 nitrogen and oxygen atoms in total. The monoisotopic (exact) mass is 449 g/mol. The molecule has 3 unspecified atom stereocenters. The average molecular weight is 450 g/mol. The van der Waals surface area contributed by atoms with Gasteiger partial charge in [-0.3, -0.25) is 10.2 Å². The Morgan fingerprint density at radius 1 is 1.00 bits per heavy atom. The zero-order valence-corrected chi connectivity index (χ0v) is 19.0. The van der Waals surface area contributed by atoms with Gasteiger partial charge in [0.1, 0.15) is 11.9 Å². The highest BCUT2D eigenvalue weighted by atomic mass is 35.5. The maximum absolute atomic E-state index is 12.8. The molecule has 1 amide bonds. The molecule has 1 aliphatic heterocycles. The summed E-state index contributed by atoms with van der Waals surface area (Å²) >= 11 is 6.28. The van der Waals surface area contributed by atoms with Crippen molar-refractivity contribution in [2.24, 2.45) is 0 Å². The molecule has 9 heteroatoms. The van der Waals surface area contributed by atoms with Crippen LogP contribution in [0.15, 0.2) is 30.3 Å². The number of amides is 1. The molecule has 0 radical (unpaired) electrons. The van der Waals surface area contributed by atoms with Gasteiger partial charge in [-0.2, -0.15) is 0 Å². The van der Waals surface area contributed by atoms with E-state index in [1.54, 1.807) is 46.6 Å². The summed E-state index contributed by atoms with van der Waals surface area (Å²) < 4.78 is 21.5. The second-order valence-corrected chi connectivity index (χ2v) is 7.65. The van der Waals surface area contributed by atoms with E-state index in [-0.39, 0.29) is 30.5 Å². The number of nitrogens with one attached hydrogen (secondary N) is 3. The predicted molar refractivity (Wildman–Crippen MR) is 118 cm³/mol. The molecular formula is C22H28ClN3O5. The van der Waals surface area contributed by atoms with E-state index in [2.05, 4.69) is 16.2 Å². The lowest BCUT2D eigenvalue weighted by Crippen LogP contribution is -2.46. The van der Waals surface area contributed by atoms with Gasteiger partial charge in [0.05, 0.1) is 34.9 Å². The number of hydrazine groups is 1. The maximum atomic E-state index is 12.8. The molecule has 3 N–H and O–H groups in total. The van der Waals surface area contributed by atoms with Crippen molar-refractivity contribution in [3.8, 4) is 23.0 Å². The summed E-state index contributed by atoms with van der Waals surface area (Å²) in [5.74, 6) is 2.06. The number of carbonyl (C=O) groups excluding carboxylic acids is 1. The first kappa shape index (κ1) is 23.0. The smallest absolute Gasteiger partial charge is 0.225 e. The van der Waals surface area contributed by atoms with Gasteiger partial charge in [-0.05, 0) is 42.3 Å². The Hall–Kier alpha value is -2.68. The third-order valence-electron chi connectivity index (χ3n) is 5.36. The van der Waals surface area contributed by atoms with Crippen LogP contribution < -0.4 is 35.1 Å². The van der Waals surface area contributed by atoms with Gasteiger partial charge in [-0.1, -0.05) is 17.7 Å². The summed E-state index contributed by atoms with van der Waals surface area (Å²) in [6, 6.07) is 9.11. The second kappa shape index (κ2) is 10.1. The lowest BCUT2D eigenvalue weighted by Gasteiger charge is -2.24. The number of hydrogen-bond acceptors (Lipinski definition) is 7. The predicted octanol–water partition coefficient (Wildman–Crippen LogP) is 2.64. The van der Waals surface area contributed by atoms with E-state index in [1.165, 1.54) is 0 Å². The average Bonchev–Trinajstić information content (AvgIpc) is 3.13. The molecule has 1 heterocycles. The van der Waals surface area contributed by atoms with E-state index in [1.807, 2.05) is 19.1 Å². The van der Waals surface area contributed by atoms with Gasteiger partial charge < -0.3 is 24.3 Å². The van der Waals surface area contributed by atoms with Crippen molar-refractivity contribution in [1.82, 2.24) is 16.2 Å². The van der Waals surface area contributed by atoms with Gasteiger partial charge in [-0.25, -0.2) is 5.43 Å². The van der Waals surface area contributed by atoms with Crippen LogP contribution in [0, 0.1) is 0 Å². The molecule has 3 atom stereocenters. The highest BCUT2D eigenvalue weighted by Gasteiger charge is 2.36. The first-order valence-corrected chi connectivity index (χ1v) is 10.2. The zero-order chi connectivity index (χ0) is 22.5. The van der Waals surface area contributed by atoms with Crippen LogP contribution in [0.1, 0.15) is 24.0 Å². The van der Waals surface area contributed by atoms with Gasteiger partial charge in [0.15, 0.2) is 11.5 Å². The van der Waals surface area contributed by atoms with Crippen LogP contribution in [-0.4, -0.2) is 46.6 Å². The van der Waals surface area contributed by atoms with Crippen molar-refractivity contribution >= 4 is 17.5 Å². The minimum absolute atomic E-state index is 0.0395. The molecule has 1 aliphatic rings. The Balaban J connectivity index is 1.80. The first-order valence-electron chi connectivity index (χ1n) is 9.84. The van der Waals surface area contributed by atoms with Crippen molar-refractivity contribution in [1.29, 1.82) is 0 Å². The number of rotatable bonds is 8. The second-order valence-electron chi connectivity index (χ2n) is 7.24. The molecule has 0 saturated carbocycles. The number of hydrogen-bond donors (Lipinski definition) is 3. The van der Waals surface area contributed by atoms with Crippen LogP contribution in [0.25, 0.3) is 0 Å². The Morgan fingerprint density at radius 2 is 1.68 bits per heavy atom. The lowest BCUT2D eigenvalue weighted by atomic mass is 9.90. The van der Waals surface area contributed by atoms with Crippen LogP contribution in [0.5, 0.6) is 23.0 Å². The largest absolute Gasteiger partial charge is 0.497 e. The molecule has 2 aromatic carbocycles. The number of carbonyl (C=O) groups is 1. The van der Waals surface area contributed by atoms with E-state index < -0.39 is 0 Å². The zero-order valence-electron chi connectivity index (χ0n) is 18.2. The summed E-state index contributed by atoms with van der Waals surface area (Å²) in [6.07, 6.45) is -0.195. The Labute approximate surface area is 187 Å². The summed E-state index contributed by atoms with van der Waals surface area (Å²) in [5, 5.41) is 3.54. The van der Waals surface area contributed by atoms with Crippen molar-refractivity contribution in [3.05, 3.63) is 46.5 Å². The normalized spacial score (nSPS) is 20.3. The van der Waals surface area contributed by atoms with Crippen LogP contribution in [0.4, 0.5) is 0 Å². The summed E-state index contributed by atoms with van der Waals surface area (Å²) in [5.41, 5.74) is 8.02. The van der Waals surface area contributed by atoms with Crippen molar-refractivity contribution in [2.75, 3.05) is 28.4 Å². The van der Waals surface area contributed by atoms with Crippen molar-refractivity contribution < 1.29 is 23.7 Å². The van der Waals surface area contributed by atoms with Gasteiger partial charge in [0, 0.05) is 17.0 Å². The minimum Gasteiger partial charge on any atom is -0.497 e. The van der Waals surface area contributed by atoms with E-state index in [0.29, 0.717) is 28.0 Å². The molecule has 0 aromatic heterocycles. The molecule has 0 aliphatic carbocycles. The maximum Gasteiger partial charge on any atom is 0.225 e. The van der Waals surface area contributed by atoms with E-state index in [9.17, 15) is 4.79 Å². The van der Waals surface area contributed by atoms with Crippen LogP contribution in [-0.2, 0) is 11.2 Å². The molecule has 2 aromatic rings. The van der Waals surface area contributed by atoms with Gasteiger partial charge in [-0.15, -0.1) is 0 Å². The van der Waals surface area contributed by atoms with Crippen LogP contribution in [0.3, 0.4) is 0 Å². The highest BCUT2D eigenvalue weighted by Crippen LogP contribution is 2.41. The topological polar surface area (TPSA) is 90.1 Å². The molecule has 1 saturated heterocycles. The quantitative estimate of drug-likeness (QED) is 0.570. The van der Waals surface area contributed by atoms with Gasteiger partial charge in [0.2, 0.25) is 11.7 Å². The van der Waals surface area contributed by atoms with Crippen LogP contribution in [0.2, 0.25) is 5.02 Å². The van der Waals surface area contributed by atoms with Crippen molar-refractivity contribution in [2.45, 2.75) is 31.5 Å². The molecular weight excluding hydrogens is 422 g/mol. The molecule has 168 valence electrons. The van der Waals surface area contributed by atoms with Gasteiger partial charge >= 0.3 is 0 Å². The van der Waals surface area contributed by atoms with Crippen LogP contribution >= 0.6 is 11.6 Å². The Kier molecular flexibility index (Phi) is 7.48. The Bertz CT molecular complexity index is 914. The number of ether oxygens (including phenoxy) is 4. The van der Waals surface area contributed by atoms with E-state index >= 15 is 0 Å².